The van der Waals surface area contributed by atoms with Gasteiger partial charge in [0.1, 0.15) is 0 Å². The van der Waals surface area contributed by atoms with Crippen LogP contribution in [0.4, 0.5) is 4.39 Å². The molecule has 0 bridgehead atoms. The molecule has 1 aliphatic carbocycles. The maximum absolute atomic E-state index is 12.2. The summed E-state index contributed by atoms with van der Waals surface area (Å²) in [5, 5.41) is 0. The molecule has 4 unspecified atom stereocenters. The van der Waals surface area contributed by atoms with Gasteiger partial charge in [0.15, 0.2) is 0 Å². The van der Waals surface area contributed by atoms with Crippen molar-refractivity contribution in [3.63, 3.8) is 0 Å². The van der Waals surface area contributed by atoms with Crippen LogP contribution in [0.2, 0.25) is 0 Å². The molecule has 1 aliphatic heterocycles. The zero-order valence-corrected chi connectivity index (χ0v) is 8.75. The molecule has 0 N–H and O–H groups in total. The molecule has 3 heteroatoms. The molecular formula is C11H19FO2. The van der Waals surface area contributed by atoms with E-state index in [0.717, 1.165) is 12.8 Å². The predicted octanol–water partition coefficient (Wildman–Crippen LogP) is 2.46. The molecular weight excluding hydrogens is 183 g/mol. The highest BCUT2D eigenvalue weighted by Crippen LogP contribution is 2.31. The Bertz CT molecular complexity index is 184. The van der Waals surface area contributed by atoms with E-state index in [9.17, 15) is 4.39 Å². The first-order valence-corrected chi connectivity index (χ1v) is 5.68. The van der Waals surface area contributed by atoms with Crippen molar-refractivity contribution in [1.82, 2.24) is 0 Å². The summed E-state index contributed by atoms with van der Waals surface area (Å²) in [6.45, 7) is 1.68. The Balaban J connectivity index is 1.92. The number of fused-ring (bicyclic) bond motifs is 1. The minimum absolute atomic E-state index is 0.0284. The first-order chi connectivity index (χ1) is 6.81. The summed E-state index contributed by atoms with van der Waals surface area (Å²) in [6, 6.07) is 0. The Morgan fingerprint density at radius 3 is 2.43 bits per heavy atom. The third-order valence-electron chi connectivity index (χ3n) is 3.30. The van der Waals surface area contributed by atoms with E-state index in [0.29, 0.717) is 6.42 Å². The number of alkyl halides is 1. The second-order valence-corrected chi connectivity index (χ2v) is 4.35. The molecule has 0 aromatic rings. The van der Waals surface area contributed by atoms with Gasteiger partial charge < -0.3 is 9.47 Å². The summed E-state index contributed by atoms with van der Waals surface area (Å²) >= 11 is 0. The Morgan fingerprint density at radius 2 is 1.79 bits per heavy atom. The predicted molar refractivity (Wildman–Crippen MR) is 52.1 cm³/mol. The average molecular weight is 202 g/mol. The molecule has 0 spiro atoms. The molecule has 1 saturated heterocycles. The lowest BCUT2D eigenvalue weighted by Crippen LogP contribution is -2.49. The zero-order chi connectivity index (χ0) is 9.97. The molecule has 2 fully saturated rings. The molecule has 2 aliphatic rings. The van der Waals surface area contributed by atoms with E-state index < -0.39 is 0 Å². The van der Waals surface area contributed by atoms with Gasteiger partial charge in [-0.3, -0.25) is 4.39 Å². The Kier molecular flexibility index (Phi) is 3.39. The molecule has 0 aromatic carbocycles. The lowest BCUT2D eigenvalue weighted by molar-refractivity contribution is -0.226. The topological polar surface area (TPSA) is 18.5 Å². The fourth-order valence-electron chi connectivity index (χ4n) is 2.48. The van der Waals surface area contributed by atoms with Gasteiger partial charge in [-0.05, 0) is 19.8 Å². The van der Waals surface area contributed by atoms with E-state index in [1.165, 1.54) is 12.8 Å². The molecule has 14 heavy (non-hydrogen) atoms. The van der Waals surface area contributed by atoms with Crippen molar-refractivity contribution in [2.24, 2.45) is 0 Å². The second kappa shape index (κ2) is 4.58. The lowest BCUT2D eigenvalue weighted by Gasteiger charge is -2.42. The molecule has 0 amide bonds. The van der Waals surface area contributed by atoms with Crippen molar-refractivity contribution >= 4 is 0 Å². The minimum atomic E-state index is -0.310. The van der Waals surface area contributed by atoms with Gasteiger partial charge in [-0.25, -0.2) is 0 Å². The largest absolute Gasteiger partial charge is 0.370 e. The Hall–Kier alpha value is -0.150. The highest BCUT2D eigenvalue weighted by molar-refractivity contribution is 4.84. The van der Waals surface area contributed by atoms with E-state index in [-0.39, 0.29) is 31.1 Å². The minimum Gasteiger partial charge on any atom is -0.370 e. The molecule has 1 heterocycles. The first kappa shape index (κ1) is 10.4. The standard InChI is InChI=1S/C11H19FO2/c1-8-9(6-7-12)14-11-5-3-2-4-10(11)13-8/h8-11H,2-7H2,1H3. The van der Waals surface area contributed by atoms with Gasteiger partial charge in [-0.15, -0.1) is 0 Å². The van der Waals surface area contributed by atoms with Gasteiger partial charge in [-0.1, -0.05) is 12.8 Å². The maximum atomic E-state index is 12.2. The van der Waals surface area contributed by atoms with Crippen LogP contribution in [0.5, 0.6) is 0 Å². The molecule has 0 radical (unpaired) electrons. The van der Waals surface area contributed by atoms with Gasteiger partial charge in [-0.2, -0.15) is 0 Å². The monoisotopic (exact) mass is 202 g/mol. The first-order valence-electron chi connectivity index (χ1n) is 5.68. The van der Waals surface area contributed by atoms with Crippen LogP contribution in [-0.4, -0.2) is 31.1 Å². The average Bonchev–Trinajstić information content (AvgIpc) is 2.19. The quantitative estimate of drug-likeness (QED) is 0.684. The van der Waals surface area contributed by atoms with Crippen LogP contribution in [0, 0.1) is 0 Å². The van der Waals surface area contributed by atoms with Crippen molar-refractivity contribution in [1.29, 1.82) is 0 Å². The van der Waals surface area contributed by atoms with Crippen molar-refractivity contribution in [2.75, 3.05) is 6.67 Å². The second-order valence-electron chi connectivity index (χ2n) is 4.35. The number of hydrogen-bond donors (Lipinski definition) is 0. The summed E-state index contributed by atoms with van der Waals surface area (Å²) in [7, 11) is 0. The van der Waals surface area contributed by atoms with Gasteiger partial charge in [0.25, 0.3) is 0 Å². The fraction of sp³-hybridized carbons (Fsp3) is 1.00. The van der Waals surface area contributed by atoms with Gasteiger partial charge >= 0.3 is 0 Å². The van der Waals surface area contributed by atoms with Crippen molar-refractivity contribution in [3.05, 3.63) is 0 Å². The third-order valence-corrected chi connectivity index (χ3v) is 3.30. The van der Waals surface area contributed by atoms with Crippen LogP contribution in [0.3, 0.4) is 0 Å². The summed E-state index contributed by atoms with van der Waals surface area (Å²) in [5.41, 5.74) is 0. The van der Waals surface area contributed by atoms with Crippen molar-refractivity contribution in [2.45, 2.75) is 63.4 Å². The molecule has 1 saturated carbocycles. The van der Waals surface area contributed by atoms with E-state index in [1.807, 2.05) is 6.92 Å². The highest BCUT2D eigenvalue weighted by atomic mass is 19.1. The summed E-state index contributed by atoms with van der Waals surface area (Å²) in [4.78, 5) is 0. The summed E-state index contributed by atoms with van der Waals surface area (Å²) < 4.78 is 24.0. The molecule has 2 nitrogen and oxygen atoms in total. The van der Waals surface area contributed by atoms with Crippen LogP contribution in [0.15, 0.2) is 0 Å². The van der Waals surface area contributed by atoms with Crippen LogP contribution >= 0.6 is 0 Å². The van der Waals surface area contributed by atoms with E-state index in [1.54, 1.807) is 0 Å². The van der Waals surface area contributed by atoms with Gasteiger partial charge in [0.2, 0.25) is 0 Å². The smallest absolute Gasteiger partial charge is 0.0920 e. The number of halogens is 1. The van der Waals surface area contributed by atoms with Crippen molar-refractivity contribution in [3.8, 4) is 0 Å². The Morgan fingerprint density at radius 1 is 1.14 bits per heavy atom. The number of hydrogen-bond acceptors (Lipinski definition) is 2. The normalized spacial score (nSPS) is 43.3. The van der Waals surface area contributed by atoms with Crippen LogP contribution in [0.25, 0.3) is 0 Å². The van der Waals surface area contributed by atoms with Crippen molar-refractivity contribution < 1.29 is 13.9 Å². The van der Waals surface area contributed by atoms with Crippen LogP contribution < -0.4 is 0 Å². The summed E-state index contributed by atoms with van der Waals surface area (Å²) in [5.74, 6) is 0. The van der Waals surface area contributed by atoms with Crippen LogP contribution in [-0.2, 0) is 9.47 Å². The third kappa shape index (κ3) is 2.09. The van der Waals surface area contributed by atoms with Gasteiger partial charge in [0.05, 0.1) is 31.1 Å². The SMILES string of the molecule is CC1OC2CCCCC2OC1CCF. The van der Waals surface area contributed by atoms with E-state index in [2.05, 4.69) is 0 Å². The molecule has 0 aromatic heterocycles. The maximum Gasteiger partial charge on any atom is 0.0920 e. The fourth-order valence-corrected chi connectivity index (χ4v) is 2.48. The van der Waals surface area contributed by atoms with E-state index >= 15 is 0 Å². The lowest BCUT2D eigenvalue weighted by atomic mass is 9.92. The Labute approximate surface area is 84.8 Å². The van der Waals surface area contributed by atoms with E-state index in [4.69, 9.17) is 9.47 Å². The molecule has 4 atom stereocenters. The number of rotatable bonds is 2. The number of ether oxygens (including phenoxy) is 2. The molecule has 82 valence electrons. The molecule has 2 rings (SSSR count). The summed E-state index contributed by atoms with van der Waals surface area (Å²) in [6.07, 6.45) is 5.67. The van der Waals surface area contributed by atoms with Gasteiger partial charge in [0, 0.05) is 6.42 Å². The highest BCUT2D eigenvalue weighted by Gasteiger charge is 2.37. The van der Waals surface area contributed by atoms with Crippen LogP contribution in [0.1, 0.15) is 39.0 Å². The zero-order valence-electron chi connectivity index (χ0n) is 8.75.